The largest absolute Gasteiger partial charge is 0.497 e. The molecule has 0 bridgehead atoms. The van der Waals surface area contributed by atoms with Crippen LogP contribution >= 0.6 is 0 Å². The molecule has 106 valence electrons. The van der Waals surface area contributed by atoms with Gasteiger partial charge >= 0.3 is 0 Å². The van der Waals surface area contributed by atoms with Gasteiger partial charge in [-0.05, 0) is 47.0 Å². The first-order valence-electron chi connectivity index (χ1n) is 6.97. The Morgan fingerprint density at radius 3 is 2.76 bits per heavy atom. The third kappa shape index (κ3) is 2.97. The van der Waals surface area contributed by atoms with Crippen molar-refractivity contribution in [3.8, 4) is 5.75 Å². The second-order valence-electron chi connectivity index (χ2n) is 5.07. The lowest BCUT2D eigenvalue weighted by Crippen LogP contribution is -1.91. The van der Waals surface area contributed by atoms with Crippen LogP contribution in [0.15, 0.2) is 61.2 Å². The molecule has 0 saturated carbocycles. The highest BCUT2D eigenvalue weighted by atomic mass is 16.5. The standard InChI is InChI=1S/C18H18N2O/c1-14(7-9-20-10-8-19-13-20)15-3-4-17-12-18(21-2)6-5-16(17)11-15/h3-8,10-13H,9H2,1-2H3/b14-7+. The van der Waals surface area contributed by atoms with Crippen molar-refractivity contribution in [3.05, 3.63) is 66.8 Å². The van der Waals surface area contributed by atoms with Gasteiger partial charge in [-0.1, -0.05) is 24.3 Å². The Morgan fingerprint density at radius 2 is 2.00 bits per heavy atom. The number of imidazole rings is 1. The first-order chi connectivity index (χ1) is 10.3. The molecule has 21 heavy (non-hydrogen) atoms. The monoisotopic (exact) mass is 278 g/mol. The van der Waals surface area contributed by atoms with Gasteiger partial charge in [0.2, 0.25) is 0 Å². The van der Waals surface area contributed by atoms with Crippen LogP contribution < -0.4 is 4.74 Å². The van der Waals surface area contributed by atoms with Crippen molar-refractivity contribution in [1.29, 1.82) is 0 Å². The number of aromatic nitrogens is 2. The molecule has 0 aliphatic carbocycles. The summed E-state index contributed by atoms with van der Waals surface area (Å²) < 4.78 is 7.31. The molecule has 3 aromatic rings. The molecule has 0 atom stereocenters. The van der Waals surface area contributed by atoms with Crippen LogP contribution in [0.4, 0.5) is 0 Å². The number of hydrogen-bond acceptors (Lipinski definition) is 2. The van der Waals surface area contributed by atoms with Crippen LogP contribution in [-0.2, 0) is 6.54 Å². The van der Waals surface area contributed by atoms with E-state index in [1.165, 1.54) is 21.9 Å². The van der Waals surface area contributed by atoms with Gasteiger partial charge in [-0.3, -0.25) is 0 Å². The SMILES string of the molecule is COc1ccc2cc(/C(C)=C/Cn3ccnc3)ccc2c1. The highest BCUT2D eigenvalue weighted by Gasteiger charge is 2.00. The molecule has 1 heterocycles. The molecule has 2 aromatic carbocycles. The van der Waals surface area contributed by atoms with E-state index in [1.54, 1.807) is 13.3 Å². The van der Waals surface area contributed by atoms with E-state index in [0.717, 1.165) is 12.3 Å². The number of hydrogen-bond donors (Lipinski definition) is 0. The molecule has 0 spiro atoms. The molecule has 0 aliphatic rings. The van der Waals surface area contributed by atoms with Crippen LogP contribution in [0, 0.1) is 0 Å². The van der Waals surface area contributed by atoms with Gasteiger partial charge in [0.25, 0.3) is 0 Å². The van der Waals surface area contributed by atoms with Crippen LogP contribution in [0.1, 0.15) is 12.5 Å². The maximum absolute atomic E-state index is 5.26. The predicted octanol–water partition coefficient (Wildman–Crippen LogP) is 4.15. The molecule has 0 saturated heterocycles. The third-order valence-electron chi connectivity index (χ3n) is 3.67. The summed E-state index contributed by atoms with van der Waals surface area (Å²) in [6.07, 6.45) is 7.81. The maximum atomic E-state index is 5.26. The van der Waals surface area contributed by atoms with Gasteiger partial charge in [0.1, 0.15) is 5.75 Å². The quantitative estimate of drug-likeness (QED) is 0.717. The molecule has 0 aliphatic heterocycles. The van der Waals surface area contributed by atoms with Crippen molar-refractivity contribution in [1.82, 2.24) is 9.55 Å². The van der Waals surface area contributed by atoms with Crippen LogP contribution in [0.3, 0.4) is 0 Å². The Kier molecular flexibility index (Phi) is 3.73. The second kappa shape index (κ2) is 5.83. The van der Waals surface area contributed by atoms with Gasteiger partial charge in [0.15, 0.2) is 0 Å². The highest BCUT2D eigenvalue weighted by Crippen LogP contribution is 2.24. The number of allylic oxidation sites excluding steroid dienone is 2. The Labute approximate surface area is 124 Å². The van der Waals surface area contributed by atoms with Crippen molar-refractivity contribution in [2.75, 3.05) is 7.11 Å². The van der Waals surface area contributed by atoms with Crippen molar-refractivity contribution in [3.63, 3.8) is 0 Å². The normalized spacial score (nSPS) is 11.8. The number of ether oxygens (including phenoxy) is 1. The minimum Gasteiger partial charge on any atom is -0.497 e. The molecular weight excluding hydrogens is 260 g/mol. The lowest BCUT2D eigenvalue weighted by Gasteiger charge is -2.07. The van der Waals surface area contributed by atoms with Gasteiger partial charge in [-0.2, -0.15) is 0 Å². The Hall–Kier alpha value is -2.55. The van der Waals surface area contributed by atoms with E-state index < -0.39 is 0 Å². The summed E-state index contributed by atoms with van der Waals surface area (Å²) in [5.74, 6) is 0.891. The maximum Gasteiger partial charge on any atom is 0.119 e. The summed E-state index contributed by atoms with van der Waals surface area (Å²) in [6.45, 7) is 2.98. The van der Waals surface area contributed by atoms with E-state index in [-0.39, 0.29) is 0 Å². The molecule has 0 N–H and O–H groups in total. The first kappa shape index (κ1) is 13.4. The molecule has 0 unspecified atom stereocenters. The summed E-state index contributed by atoms with van der Waals surface area (Å²) in [5, 5.41) is 2.42. The minimum atomic E-state index is 0.840. The lowest BCUT2D eigenvalue weighted by atomic mass is 10.0. The molecule has 3 rings (SSSR count). The molecular formula is C18H18N2O. The fourth-order valence-electron chi connectivity index (χ4n) is 2.35. The van der Waals surface area contributed by atoms with Crippen molar-refractivity contribution in [2.45, 2.75) is 13.5 Å². The van der Waals surface area contributed by atoms with Gasteiger partial charge in [-0.25, -0.2) is 4.98 Å². The molecule has 0 radical (unpaired) electrons. The highest BCUT2D eigenvalue weighted by molar-refractivity contribution is 5.87. The van der Waals surface area contributed by atoms with E-state index >= 15 is 0 Å². The van der Waals surface area contributed by atoms with Crippen LogP contribution in [-0.4, -0.2) is 16.7 Å². The number of rotatable bonds is 4. The third-order valence-corrected chi connectivity index (χ3v) is 3.67. The summed E-state index contributed by atoms with van der Waals surface area (Å²) in [7, 11) is 1.69. The summed E-state index contributed by atoms with van der Waals surface area (Å²) >= 11 is 0. The predicted molar refractivity (Wildman–Crippen MR) is 86.4 cm³/mol. The second-order valence-corrected chi connectivity index (χ2v) is 5.07. The lowest BCUT2D eigenvalue weighted by molar-refractivity contribution is 0.415. The van der Waals surface area contributed by atoms with Gasteiger partial charge < -0.3 is 9.30 Å². The zero-order chi connectivity index (χ0) is 14.7. The Balaban J connectivity index is 1.88. The fraction of sp³-hybridized carbons (Fsp3) is 0.167. The van der Waals surface area contributed by atoms with E-state index in [1.807, 2.05) is 18.6 Å². The van der Waals surface area contributed by atoms with Crippen molar-refractivity contribution in [2.24, 2.45) is 0 Å². The van der Waals surface area contributed by atoms with Gasteiger partial charge in [0.05, 0.1) is 13.4 Å². The zero-order valence-corrected chi connectivity index (χ0v) is 12.3. The van der Waals surface area contributed by atoms with Crippen molar-refractivity contribution >= 4 is 16.3 Å². The fourth-order valence-corrected chi connectivity index (χ4v) is 2.35. The van der Waals surface area contributed by atoms with Gasteiger partial charge in [0, 0.05) is 18.9 Å². The molecule has 0 fully saturated rings. The van der Waals surface area contributed by atoms with E-state index in [4.69, 9.17) is 4.74 Å². The average Bonchev–Trinajstić information content (AvgIpc) is 3.05. The van der Waals surface area contributed by atoms with E-state index in [9.17, 15) is 0 Å². The average molecular weight is 278 g/mol. The van der Waals surface area contributed by atoms with Gasteiger partial charge in [-0.15, -0.1) is 0 Å². The minimum absolute atomic E-state index is 0.840. The number of fused-ring (bicyclic) bond motifs is 1. The summed E-state index contributed by atoms with van der Waals surface area (Å²) in [5.41, 5.74) is 2.51. The number of benzene rings is 2. The van der Waals surface area contributed by atoms with Crippen LogP contribution in [0.5, 0.6) is 5.75 Å². The van der Waals surface area contributed by atoms with Crippen LogP contribution in [0.25, 0.3) is 16.3 Å². The van der Waals surface area contributed by atoms with E-state index in [0.29, 0.717) is 0 Å². The summed E-state index contributed by atoms with van der Waals surface area (Å²) in [6, 6.07) is 12.7. The first-order valence-corrected chi connectivity index (χ1v) is 6.97. The van der Waals surface area contributed by atoms with Crippen molar-refractivity contribution < 1.29 is 4.74 Å². The van der Waals surface area contributed by atoms with Crippen LogP contribution in [0.2, 0.25) is 0 Å². The molecule has 0 amide bonds. The number of methoxy groups -OCH3 is 1. The zero-order valence-electron chi connectivity index (χ0n) is 12.3. The molecule has 3 heteroatoms. The topological polar surface area (TPSA) is 27.1 Å². The Bertz CT molecular complexity index is 773. The smallest absolute Gasteiger partial charge is 0.119 e. The Morgan fingerprint density at radius 1 is 1.19 bits per heavy atom. The molecule has 1 aromatic heterocycles. The molecule has 3 nitrogen and oxygen atoms in total. The summed E-state index contributed by atoms with van der Waals surface area (Å²) in [4.78, 5) is 4.05. The van der Waals surface area contributed by atoms with E-state index in [2.05, 4.69) is 52.9 Å². The number of nitrogens with zero attached hydrogens (tertiary/aromatic N) is 2.